The summed E-state index contributed by atoms with van der Waals surface area (Å²) in [5.41, 5.74) is 0.490. The van der Waals surface area contributed by atoms with Gasteiger partial charge in [-0.2, -0.15) is 0 Å². The number of rotatable bonds is 4. The van der Waals surface area contributed by atoms with Gasteiger partial charge in [-0.05, 0) is 32.0 Å². The van der Waals surface area contributed by atoms with Crippen LogP contribution in [0, 0.1) is 5.82 Å². The van der Waals surface area contributed by atoms with Crippen LogP contribution in [0.2, 0.25) is 5.02 Å². The molecule has 1 aromatic rings. The maximum atomic E-state index is 13.0. The zero-order valence-corrected chi connectivity index (χ0v) is 9.94. The van der Waals surface area contributed by atoms with Crippen LogP contribution in [-0.4, -0.2) is 18.5 Å². The smallest absolute Gasteiger partial charge is 0.242 e. The average molecular weight is 245 g/mol. The van der Waals surface area contributed by atoms with Crippen molar-refractivity contribution >= 4 is 23.2 Å². The van der Waals surface area contributed by atoms with Gasteiger partial charge >= 0.3 is 0 Å². The molecule has 1 atom stereocenters. The fraction of sp³-hybridized carbons (Fsp3) is 0.364. The summed E-state index contributed by atoms with van der Waals surface area (Å²) in [6.07, 6.45) is 0. The molecule has 5 heteroatoms. The first-order valence-electron chi connectivity index (χ1n) is 5.03. The van der Waals surface area contributed by atoms with E-state index in [0.29, 0.717) is 17.3 Å². The number of hydrogen-bond donors (Lipinski definition) is 2. The number of benzene rings is 1. The van der Waals surface area contributed by atoms with E-state index >= 15 is 0 Å². The van der Waals surface area contributed by atoms with E-state index in [1.54, 1.807) is 13.0 Å². The Hall–Kier alpha value is -1.29. The lowest BCUT2D eigenvalue weighted by atomic mass is 10.2. The first-order chi connectivity index (χ1) is 7.52. The molecule has 0 bridgehead atoms. The number of carbonyl (C=O) groups excluding carboxylic acids is 1. The molecule has 3 nitrogen and oxygen atoms in total. The van der Waals surface area contributed by atoms with E-state index in [2.05, 4.69) is 10.6 Å². The van der Waals surface area contributed by atoms with Crippen LogP contribution in [0.25, 0.3) is 0 Å². The summed E-state index contributed by atoms with van der Waals surface area (Å²) in [5, 5.41) is 5.84. The van der Waals surface area contributed by atoms with E-state index in [1.165, 1.54) is 12.1 Å². The molecule has 0 spiro atoms. The summed E-state index contributed by atoms with van der Waals surface area (Å²) in [7, 11) is 0. The molecule has 0 radical (unpaired) electrons. The number of halogens is 2. The third-order valence-corrected chi connectivity index (χ3v) is 2.21. The predicted molar refractivity (Wildman–Crippen MR) is 63.2 cm³/mol. The molecule has 2 N–H and O–H groups in total. The Bertz CT molecular complexity index is 364. The highest BCUT2D eigenvalue weighted by Crippen LogP contribution is 2.18. The van der Waals surface area contributed by atoms with Gasteiger partial charge in [-0.3, -0.25) is 4.79 Å². The Morgan fingerprint density at radius 1 is 1.50 bits per heavy atom. The highest BCUT2D eigenvalue weighted by molar-refractivity contribution is 6.30. The lowest BCUT2D eigenvalue weighted by Gasteiger charge is -2.14. The Morgan fingerprint density at radius 2 is 2.19 bits per heavy atom. The highest BCUT2D eigenvalue weighted by atomic mass is 35.5. The molecule has 1 aromatic carbocycles. The van der Waals surface area contributed by atoms with E-state index in [0.717, 1.165) is 0 Å². The van der Waals surface area contributed by atoms with Crippen molar-refractivity contribution in [1.82, 2.24) is 5.32 Å². The van der Waals surface area contributed by atoms with E-state index in [9.17, 15) is 9.18 Å². The van der Waals surface area contributed by atoms with Crippen molar-refractivity contribution in [3.63, 3.8) is 0 Å². The lowest BCUT2D eigenvalue weighted by Crippen LogP contribution is -2.37. The predicted octanol–water partition coefficient (Wildman–Crippen LogP) is 2.42. The third kappa shape index (κ3) is 3.70. The molecule has 1 amide bonds. The Morgan fingerprint density at radius 3 is 2.75 bits per heavy atom. The van der Waals surface area contributed by atoms with Crippen molar-refractivity contribution in [2.75, 3.05) is 11.9 Å². The van der Waals surface area contributed by atoms with Crippen molar-refractivity contribution in [3.8, 4) is 0 Å². The monoisotopic (exact) mass is 244 g/mol. The fourth-order valence-electron chi connectivity index (χ4n) is 1.28. The molecule has 0 aliphatic rings. The average Bonchev–Trinajstić information content (AvgIpc) is 2.16. The Labute approximate surface area is 99.0 Å². The van der Waals surface area contributed by atoms with Crippen LogP contribution >= 0.6 is 11.6 Å². The molecule has 0 aromatic heterocycles. The second-order valence-corrected chi connectivity index (χ2v) is 3.86. The van der Waals surface area contributed by atoms with Gasteiger partial charge in [0.2, 0.25) is 5.91 Å². The number of anilines is 1. The molecule has 0 saturated carbocycles. The topological polar surface area (TPSA) is 41.1 Å². The van der Waals surface area contributed by atoms with Crippen molar-refractivity contribution in [2.45, 2.75) is 19.9 Å². The molecule has 0 aliphatic carbocycles. The van der Waals surface area contributed by atoms with Crippen LogP contribution in [0.4, 0.5) is 10.1 Å². The van der Waals surface area contributed by atoms with Crippen molar-refractivity contribution in [1.29, 1.82) is 0 Å². The van der Waals surface area contributed by atoms with Crippen molar-refractivity contribution in [2.24, 2.45) is 0 Å². The van der Waals surface area contributed by atoms with Crippen LogP contribution in [-0.2, 0) is 4.79 Å². The second-order valence-electron chi connectivity index (χ2n) is 3.42. The summed E-state index contributed by atoms with van der Waals surface area (Å²) in [5.74, 6) is -0.569. The van der Waals surface area contributed by atoms with Crippen LogP contribution < -0.4 is 10.6 Å². The number of carbonyl (C=O) groups is 1. The zero-order valence-electron chi connectivity index (χ0n) is 9.18. The maximum Gasteiger partial charge on any atom is 0.242 e. The molecule has 16 heavy (non-hydrogen) atoms. The van der Waals surface area contributed by atoms with E-state index in [-0.39, 0.29) is 5.91 Å². The van der Waals surface area contributed by atoms with Gasteiger partial charge in [-0.25, -0.2) is 4.39 Å². The normalized spacial score (nSPS) is 12.0. The summed E-state index contributed by atoms with van der Waals surface area (Å²) < 4.78 is 13.0. The first kappa shape index (κ1) is 12.8. The second kappa shape index (κ2) is 5.70. The van der Waals surface area contributed by atoms with E-state index < -0.39 is 11.9 Å². The quantitative estimate of drug-likeness (QED) is 0.854. The van der Waals surface area contributed by atoms with E-state index in [4.69, 9.17) is 11.6 Å². The fourth-order valence-corrected chi connectivity index (χ4v) is 1.50. The van der Waals surface area contributed by atoms with Gasteiger partial charge in [-0.15, -0.1) is 0 Å². The van der Waals surface area contributed by atoms with Gasteiger partial charge in [0.15, 0.2) is 0 Å². The van der Waals surface area contributed by atoms with Gasteiger partial charge < -0.3 is 10.6 Å². The molecule has 0 heterocycles. The SMILES string of the molecule is CCNC(=O)C(C)Nc1cc(F)cc(Cl)c1. The Balaban J connectivity index is 2.69. The van der Waals surface area contributed by atoms with Crippen molar-refractivity contribution in [3.05, 3.63) is 29.0 Å². The number of hydrogen-bond acceptors (Lipinski definition) is 2. The van der Waals surface area contributed by atoms with Crippen molar-refractivity contribution < 1.29 is 9.18 Å². The molecule has 1 rings (SSSR count). The van der Waals surface area contributed by atoms with Gasteiger partial charge in [0.05, 0.1) is 0 Å². The number of nitrogens with one attached hydrogen (secondary N) is 2. The van der Waals surface area contributed by atoms with Crippen LogP contribution in [0.3, 0.4) is 0 Å². The Kier molecular flexibility index (Phi) is 4.55. The standard InChI is InChI=1S/C11H14ClFN2O/c1-3-14-11(16)7(2)15-10-5-8(12)4-9(13)6-10/h4-7,15H,3H2,1-2H3,(H,14,16). The molecular formula is C11H14ClFN2O. The largest absolute Gasteiger partial charge is 0.374 e. The third-order valence-electron chi connectivity index (χ3n) is 1.99. The number of amides is 1. The van der Waals surface area contributed by atoms with Gasteiger partial charge in [-0.1, -0.05) is 11.6 Å². The summed E-state index contributed by atoms with van der Waals surface area (Å²) >= 11 is 5.69. The number of likely N-dealkylation sites (N-methyl/N-ethyl adjacent to an activating group) is 1. The first-order valence-corrected chi connectivity index (χ1v) is 5.41. The molecule has 1 unspecified atom stereocenters. The van der Waals surface area contributed by atoms with Gasteiger partial charge in [0.1, 0.15) is 11.9 Å². The van der Waals surface area contributed by atoms with E-state index in [1.807, 2.05) is 6.92 Å². The minimum atomic E-state index is -0.433. The molecular weight excluding hydrogens is 231 g/mol. The van der Waals surface area contributed by atoms with Crippen LogP contribution in [0.1, 0.15) is 13.8 Å². The lowest BCUT2D eigenvalue weighted by molar-refractivity contribution is -0.121. The van der Waals surface area contributed by atoms with Crippen LogP contribution in [0.15, 0.2) is 18.2 Å². The summed E-state index contributed by atoms with van der Waals surface area (Å²) in [4.78, 5) is 11.4. The molecule has 0 aliphatic heterocycles. The zero-order chi connectivity index (χ0) is 12.1. The molecule has 0 saturated heterocycles. The molecule has 88 valence electrons. The van der Waals surface area contributed by atoms with Gasteiger partial charge in [0.25, 0.3) is 0 Å². The maximum absolute atomic E-state index is 13.0. The molecule has 0 fully saturated rings. The summed E-state index contributed by atoms with van der Waals surface area (Å²) in [6.45, 7) is 4.10. The van der Waals surface area contributed by atoms with Gasteiger partial charge in [0, 0.05) is 17.3 Å². The minimum Gasteiger partial charge on any atom is -0.374 e. The highest BCUT2D eigenvalue weighted by Gasteiger charge is 2.11. The van der Waals surface area contributed by atoms with Crippen LogP contribution in [0.5, 0.6) is 0 Å². The summed E-state index contributed by atoms with van der Waals surface area (Å²) in [6, 6.07) is 3.64. The minimum absolute atomic E-state index is 0.136.